The second-order valence-electron chi connectivity index (χ2n) is 5.11. The Labute approximate surface area is 107 Å². The molecule has 3 nitrogen and oxygen atoms in total. The van der Waals surface area contributed by atoms with Crippen molar-refractivity contribution in [3.63, 3.8) is 0 Å². The molecule has 0 aliphatic heterocycles. The van der Waals surface area contributed by atoms with Crippen molar-refractivity contribution in [1.82, 2.24) is 0 Å². The van der Waals surface area contributed by atoms with Crippen LogP contribution in [0.2, 0.25) is 0 Å². The van der Waals surface area contributed by atoms with Gasteiger partial charge in [0.2, 0.25) is 0 Å². The van der Waals surface area contributed by atoms with Crippen LogP contribution in [0.15, 0.2) is 0 Å². The first kappa shape index (κ1) is 14.3. The molecule has 2 fully saturated rings. The lowest BCUT2D eigenvalue weighted by atomic mass is 9.96. The topological polar surface area (TPSA) is 35.5 Å². The Hall–Kier alpha value is -0.120. The minimum Gasteiger partial charge on any atom is -0.244 e. The van der Waals surface area contributed by atoms with Gasteiger partial charge >= 0.3 is 8.25 Å². The van der Waals surface area contributed by atoms with E-state index in [2.05, 4.69) is 0 Å². The lowest BCUT2D eigenvalue weighted by Gasteiger charge is -2.22. The highest BCUT2D eigenvalue weighted by Crippen LogP contribution is 2.38. The highest BCUT2D eigenvalue weighted by molar-refractivity contribution is 7.33. The first-order chi connectivity index (χ1) is 8.66. The Kier molecular flexibility index (Phi) is 5.46. The highest BCUT2D eigenvalue weighted by atomic mass is 31.1. The minimum atomic E-state index is -2.41. The van der Waals surface area contributed by atoms with Crippen molar-refractivity contribution in [2.45, 2.75) is 75.9 Å². The number of hydrogen-bond donors (Lipinski definition) is 0. The van der Waals surface area contributed by atoms with E-state index in [1.807, 2.05) is 0 Å². The summed E-state index contributed by atoms with van der Waals surface area (Å²) < 4.78 is 48.8. The Balaban J connectivity index is 1.77. The van der Waals surface area contributed by atoms with Crippen LogP contribution >= 0.6 is 8.25 Å². The number of halogens is 2. The van der Waals surface area contributed by atoms with Gasteiger partial charge in [-0.1, -0.05) is 25.7 Å². The molecule has 6 heteroatoms. The standard InChI is InChI=1S/C12H20F2O3P/c13-9-5-1-3-7-11(9)16-18(15)17-12-8-4-2-6-10(12)14/h9-12H,1-8H2/q+1. The van der Waals surface area contributed by atoms with E-state index in [9.17, 15) is 13.3 Å². The summed E-state index contributed by atoms with van der Waals surface area (Å²) in [5, 5.41) is 0. The zero-order valence-electron chi connectivity index (χ0n) is 10.4. The molecule has 0 spiro atoms. The van der Waals surface area contributed by atoms with Crippen molar-refractivity contribution >= 4 is 8.25 Å². The van der Waals surface area contributed by atoms with Gasteiger partial charge in [-0.05, 0) is 25.7 Å². The van der Waals surface area contributed by atoms with Crippen molar-refractivity contribution in [2.75, 3.05) is 0 Å². The summed E-state index contributed by atoms with van der Waals surface area (Å²) >= 11 is 0. The van der Waals surface area contributed by atoms with Gasteiger partial charge in [-0.3, -0.25) is 0 Å². The van der Waals surface area contributed by atoms with Crippen LogP contribution in [-0.4, -0.2) is 24.6 Å². The molecule has 0 amide bonds. The molecule has 2 aliphatic carbocycles. The molecular formula is C12H20F2O3P+. The predicted molar refractivity (Wildman–Crippen MR) is 64.1 cm³/mol. The fourth-order valence-corrected chi connectivity index (χ4v) is 3.55. The van der Waals surface area contributed by atoms with Crippen LogP contribution in [0.1, 0.15) is 51.4 Å². The van der Waals surface area contributed by atoms with Crippen molar-refractivity contribution < 1.29 is 22.4 Å². The van der Waals surface area contributed by atoms with Gasteiger partial charge in [-0.25, -0.2) is 8.78 Å². The molecule has 104 valence electrons. The Morgan fingerprint density at radius 2 is 1.17 bits per heavy atom. The number of alkyl halides is 2. The molecule has 4 atom stereocenters. The molecule has 2 aliphatic rings. The van der Waals surface area contributed by atoms with E-state index in [0.717, 1.165) is 25.7 Å². The molecule has 0 saturated heterocycles. The van der Waals surface area contributed by atoms with Crippen molar-refractivity contribution in [3.8, 4) is 0 Å². The van der Waals surface area contributed by atoms with Crippen molar-refractivity contribution in [1.29, 1.82) is 0 Å². The van der Waals surface area contributed by atoms with E-state index in [4.69, 9.17) is 9.05 Å². The molecule has 2 rings (SSSR count). The second kappa shape index (κ2) is 6.88. The number of rotatable bonds is 4. The van der Waals surface area contributed by atoms with Gasteiger partial charge < -0.3 is 0 Å². The van der Waals surface area contributed by atoms with Crippen LogP contribution in [-0.2, 0) is 13.6 Å². The Morgan fingerprint density at radius 3 is 1.56 bits per heavy atom. The van der Waals surface area contributed by atoms with E-state index in [1.165, 1.54) is 0 Å². The van der Waals surface area contributed by atoms with Crippen LogP contribution in [0, 0.1) is 0 Å². The molecule has 0 N–H and O–H groups in total. The predicted octanol–water partition coefficient (Wildman–Crippen LogP) is 4.24. The minimum absolute atomic E-state index is 0.447. The van der Waals surface area contributed by atoms with E-state index < -0.39 is 32.8 Å². The number of hydrogen-bond acceptors (Lipinski definition) is 3. The van der Waals surface area contributed by atoms with Gasteiger partial charge in [0.05, 0.1) is 0 Å². The Morgan fingerprint density at radius 1 is 0.778 bits per heavy atom. The summed E-state index contributed by atoms with van der Waals surface area (Å²) in [4.78, 5) is 0. The van der Waals surface area contributed by atoms with Crippen LogP contribution in [0.3, 0.4) is 0 Å². The maximum Gasteiger partial charge on any atom is 0.698 e. The summed E-state index contributed by atoms with van der Waals surface area (Å²) in [5.74, 6) is 0. The zero-order chi connectivity index (χ0) is 13.0. The molecule has 0 aromatic heterocycles. The zero-order valence-corrected chi connectivity index (χ0v) is 11.3. The fraction of sp³-hybridized carbons (Fsp3) is 1.00. The summed E-state index contributed by atoms with van der Waals surface area (Å²) in [6, 6.07) is 0. The lowest BCUT2D eigenvalue weighted by Crippen LogP contribution is -2.29. The maximum absolute atomic E-state index is 13.5. The summed E-state index contributed by atoms with van der Waals surface area (Å²) in [5.41, 5.74) is 0. The first-order valence-corrected chi connectivity index (χ1v) is 7.85. The smallest absolute Gasteiger partial charge is 0.244 e. The molecule has 18 heavy (non-hydrogen) atoms. The largest absolute Gasteiger partial charge is 0.698 e. The molecule has 0 heterocycles. The lowest BCUT2D eigenvalue weighted by molar-refractivity contribution is 0.0212. The third-order valence-electron chi connectivity index (χ3n) is 3.69. The fourth-order valence-electron chi connectivity index (χ4n) is 2.59. The summed E-state index contributed by atoms with van der Waals surface area (Å²) in [6.07, 6.45) is 2.02. The van der Waals surface area contributed by atoms with E-state index in [1.54, 1.807) is 0 Å². The highest BCUT2D eigenvalue weighted by Gasteiger charge is 2.40. The normalized spacial score (nSPS) is 38.4. The quantitative estimate of drug-likeness (QED) is 0.723. The maximum atomic E-state index is 13.5. The monoisotopic (exact) mass is 281 g/mol. The first-order valence-electron chi connectivity index (χ1n) is 6.76. The average molecular weight is 281 g/mol. The van der Waals surface area contributed by atoms with E-state index >= 15 is 0 Å². The third-order valence-corrected chi connectivity index (χ3v) is 4.57. The van der Waals surface area contributed by atoms with E-state index in [0.29, 0.717) is 25.7 Å². The second-order valence-corrected chi connectivity index (χ2v) is 5.98. The van der Waals surface area contributed by atoms with Crippen LogP contribution < -0.4 is 0 Å². The van der Waals surface area contributed by atoms with Gasteiger partial charge in [0.1, 0.15) is 24.6 Å². The van der Waals surface area contributed by atoms with Crippen LogP contribution in [0.4, 0.5) is 8.78 Å². The molecule has 0 bridgehead atoms. The molecular weight excluding hydrogens is 261 g/mol. The Bertz CT molecular complexity index is 264. The molecule has 2 saturated carbocycles. The van der Waals surface area contributed by atoms with E-state index in [-0.39, 0.29) is 0 Å². The van der Waals surface area contributed by atoms with Gasteiger partial charge in [-0.15, -0.1) is 9.05 Å². The SMILES string of the molecule is O=[P+](OC1CCCCC1F)OC1CCCCC1F. The molecule has 0 radical (unpaired) electrons. The van der Waals surface area contributed by atoms with Crippen LogP contribution in [0.5, 0.6) is 0 Å². The van der Waals surface area contributed by atoms with Crippen molar-refractivity contribution in [2.24, 2.45) is 0 Å². The molecule has 0 aromatic carbocycles. The average Bonchev–Trinajstić information content (AvgIpc) is 2.35. The summed E-state index contributed by atoms with van der Waals surface area (Å²) in [7, 11) is -2.41. The van der Waals surface area contributed by atoms with Gasteiger partial charge in [0, 0.05) is 4.57 Å². The molecule has 4 unspecified atom stereocenters. The third kappa shape index (κ3) is 3.94. The van der Waals surface area contributed by atoms with Gasteiger partial charge in [-0.2, -0.15) is 0 Å². The van der Waals surface area contributed by atoms with Crippen LogP contribution in [0.25, 0.3) is 0 Å². The summed E-state index contributed by atoms with van der Waals surface area (Å²) in [6.45, 7) is 0. The van der Waals surface area contributed by atoms with Gasteiger partial charge in [0.15, 0.2) is 0 Å². The molecule has 0 aromatic rings. The van der Waals surface area contributed by atoms with Crippen molar-refractivity contribution in [3.05, 3.63) is 0 Å². The van der Waals surface area contributed by atoms with Gasteiger partial charge in [0.25, 0.3) is 0 Å².